The van der Waals surface area contributed by atoms with Gasteiger partial charge in [-0.25, -0.2) is 4.98 Å². The molecule has 1 saturated heterocycles. The van der Waals surface area contributed by atoms with Crippen LogP contribution < -0.4 is 10.2 Å². The molecular weight excluding hydrogens is 309 g/mol. The van der Waals surface area contributed by atoms with Crippen molar-refractivity contribution in [2.24, 2.45) is 0 Å². The lowest BCUT2D eigenvalue weighted by molar-refractivity contribution is -0.137. The van der Waals surface area contributed by atoms with Crippen LogP contribution in [0, 0.1) is 0 Å². The second kappa shape index (κ2) is 5.05. The Morgan fingerprint density at radius 2 is 1.91 bits per heavy atom. The number of anilines is 1. The maximum absolute atomic E-state index is 12.9. The van der Waals surface area contributed by atoms with Gasteiger partial charge in [-0.05, 0) is 18.2 Å². The summed E-state index contributed by atoms with van der Waals surface area (Å²) >= 11 is 0. The summed E-state index contributed by atoms with van der Waals surface area (Å²) in [6, 6.07) is 3.53. The molecular formula is C14H13F3N6. The van der Waals surface area contributed by atoms with Crippen molar-refractivity contribution in [2.45, 2.75) is 6.18 Å². The maximum atomic E-state index is 12.9. The van der Waals surface area contributed by atoms with Gasteiger partial charge in [0, 0.05) is 26.2 Å². The Kier molecular flexibility index (Phi) is 3.12. The Balaban J connectivity index is 1.95. The number of halogens is 3. The van der Waals surface area contributed by atoms with E-state index in [0.717, 1.165) is 38.3 Å². The van der Waals surface area contributed by atoms with Crippen LogP contribution in [0.2, 0.25) is 0 Å². The van der Waals surface area contributed by atoms with Gasteiger partial charge in [-0.3, -0.25) is 4.40 Å². The van der Waals surface area contributed by atoms with E-state index in [1.54, 1.807) is 4.40 Å². The summed E-state index contributed by atoms with van der Waals surface area (Å²) in [5, 5.41) is 11.2. The second-order valence-electron chi connectivity index (χ2n) is 5.40. The molecule has 0 saturated carbocycles. The van der Waals surface area contributed by atoms with E-state index in [1.807, 2.05) is 4.90 Å². The molecule has 0 radical (unpaired) electrons. The van der Waals surface area contributed by atoms with Gasteiger partial charge < -0.3 is 10.2 Å². The number of rotatable bonds is 1. The first-order valence-corrected chi connectivity index (χ1v) is 7.20. The fourth-order valence-corrected chi connectivity index (χ4v) is 2.81. The van der Waals surface area contributed by atoms with Crippen LogP contribution in [0.1, 0.15) is 5.56 Å². The molecule has 2 aromatic heterocycles. The van der Waals surface area contributed by atoms with Crippen molar-refractivity contribution in [1.29, 1.82) is 0 Å². The lowest BCUT2D eigenvalue weighted by Gasteiger charge is -2.28. The van der Waals surface area contributed by atoms with Gasteiger partial charge in [0.05, 0.1) is 16.6 Å². The molecule has 1 aromatic carbocycles. The Bertz CT molecular complexity index is 866. The molecule has 0 atom stereocenters. The van der Waals surface area contributed by atoms with Crippen LogP contribution in [-0.4, -0.2) is 45.8 Å². The molecule has 0 spiro atoms. The first-order valence-electron chi connectivity index (χ1n) is 7.20. The highest BCUT2D eigenvalue weighted by Crippen LogP contribution is 2.32. The zero-order valence-electron chi connectivity index (χ0n) is 12.0. The third-order valence-corrected chi connectivity index (χ3v) is 3.95. The van der Waals surface area contributed by atoms with Crippen molar-refractivity contribution in [3.8, 4) is 0 Å². The average Bonchev–Trinajstić information content (AvgIpc) is 3.03. The Morgan fingerprint density at radius 1 is 1.13 bits per heavy atom. The van der Waals surface area contributed by atoms with Crippen LogP contribution in [0.3, 0.4) is 0 Å². The number of piperazine rings is 1. The third kappa shape index (κ3) is 2.37. The van der Waals surface area contributed by atoms with Crippen LogP contribution in [0.15, 0.2) is 24.5 Å². The average molecular weight is 322 g/mol. The first-order chi connectivity index (χ1) is 11.0. The molecule has 4 rings (SSSR count). The van der Waals surface area contributed by atoms with Gasteiger partial charge in [-0.1, -0.05) is 0 Å². The number of fused-ring (bicyclic) bond motifs is 3. The molecule has 1 N–H and O–H groups in total. The standard InChI is InChI=1S/C14H13F3N6/c15-14(16,17)9-1-2-11-10(7-9)20-12(13-21-19-8-23(11)13)22-5-3-18-4-6-22/h1-2,7-8,18H,3-6H2. The molecule has 0 bridgehead atoms. The molecule has 1 aliphatic heterocycles. The predicted octanol–water partition coefficient (Wildman–Crippen LogP) is 1.71. The van der Waals surface area contributed by atoms with Crippen LogP contribution in [-0.2, 0) is 6.18 Å². The molecule has 0 aliphatic carbocycles. The molecule has 23 heavy (non-hydrogen) atoms. The third-order valence-electron chi connectivity index (χ3n) is 3.95. The molecule has 9 heteroatoms. The lowest BCUT2D eigenvalue weighted by Crippen LogP contribution is -2.44. The van der Waals surface area contributed by atoms with Gasteiger partial charge in [-0.2, -0.15) is 13.2 Å². The number of hydrogen-bond donors (Lipinski definition) is 1. The molecule has 0 amide bonds. The fourth-order valence-electron chi connectivity index (χ4n) is 2.81. The largest absolute Gasteiger partial charge is 0.416 e. The molecule has 3 aromatic rings. The van der Waals surface area contributed by atoms with E-state index < -0.39 is 11.7 Å². The van der Waals surface area contributed by atoms with Gasteiger partial charge in [-0.15, -0.1) is 10.2 Å². The minimum Gasteiger partial charge on any atom is -0.351 e. The summed E-state index contributed by atoms with van der Waals surface area (Å²) in [5.74, 6) is 0.566. The van der Waals surface area contributed by atoms with Gasteiger partial charge in [0.2, 0.25) is 5.65 Å². The quantitative estimate of drug-likeness (QED) is 0.739. The summed E-state index contributed by atoms with van der Waals surface area (Å²) in [5.41, 5.74) is 0.674. The number of nitrogens with one attached hydrogen (secondary N) is 1. The Labute approximate surface area is 128 Å². The Hall–Kier alpha value is -2.42. The van der Waals surface area contributed by atoms with Gasteiger partial charge in [0.25, 0.3) is 0 Å². The highest BCUT2D eigenvalue weighted by Gasteiger charge is 2.31. The number of nitrogens with zero attached hydrogens (tertiary/aromatic N) is 5. The van der Waals surface area contributed by atoms with Crippen molar-refractivity contribution in [3.63, 3.8) is 0 Å². The normalized spacial score (nSPS) is 16.4. The summed E-state index contributed by atoms with van der Waals surface area (Å²) in [7, 11) is 0. The summed E-state index contributed by atoms with van der Waals surface area (Å²) in [6.45, 7) is 3.03. The summed E-state index contributed by atoms with van der Waals surface area (Å²) in [6.07, 6.45) is -2.90. The molecule has 0 unspecified atom stereocenters. The van der Waals surface area contributed by atoms with E-state index in [2.05, 4.69) is 20.5 Å². The van der Waals surface area contributed by atoms with Crippen molar-refractivity contribution >= 4 is 22.5 Å². The van der Waals surface area contributed by atoms with Crippen molar-refractivity contribution in [3.05, 3.63) is 30.1 Å². The highest BCUT2D eigenvalue weighted by molar-refractivity contribution is 5.83. The number of hydrogen-bond acceptors (Lipinski definition) is 5. The number of aromatic nitrogens is 4. The van der Waals surface area contributed by atoms with E-state index in [9.17, 15) is 13.2 Å². The molecule has 1 aliphatic rings. The molecule has 120 valence electrons. The maximum Gasteiger partial charge on any atom is 0.416 e. The first kappa shape index (κ1) is 14.2. The fraction of sp³-hybridized carbons (Fsp3) is 0.357. The monoisotopic (exact) mass is 322 g/mol. The summed E-state index contributed by atoms with van der Waals surface area (Å²) in [4.78, 5) is 6.46. The van der Waals surface area contributed by atoms with E-state index in [4.69, 9.17) is 0 Å². The van der Waals surface area contributed by atoms with Gasteiger partial charge in [0.1, 0.15) is 6.33 Å². The molecule has 3 heterocycles. The molecule has 6 nitrogen and oxygen atoms in total. The zero-order valence-corrected chi connectivity index (χ0v) is 12.0. The van der Waals surface area contributed by atoms with Crippen LogP contribution in [0.25, 0.3) is 16.7 Å². The minimum atomic E-state index is -4.40. The van der Waals surface area contributed by atoms with E-state index in [-0.39, 0.29) is 5.52 Å². The minimum absolute atomic E-state index is 0.278. The zero-order chi connectivity index (χ0) is 16.0. The topological polar surface area (TPSA) is 58.4 Å². The van der Waals surface area contributed by atoms with E-state index in [1.165, 1.54) is 12.4 Å². The van der Waals surface area contributed by atoms with E-state index >= 15 is 0 Å². The molecule has 1 fully saturated rings. The van der Waals surface area contributed by atoms with Gasteiger partial charge >= 0.3 is 6.18 Å². The van der Waals surface area contributed by atoms with Crippen molar-refractivity contribution in [1.82, 2.24) is 24.9 Å². The smallest absolute Gasteiger partial charge is 0.351 e. The Morgan fingerprint density at radius 3 is 2.65 bits per heavy atom. The highest BCUT2D eigenvalue weighted by atomic mass is 19.4. The van der Waals surface area contributed by atoms with Crippen LogP contribution in [0.5, 0.6) is 0 Å². The lowest BCUT2D eigenvalue weighted by atomic mass is 10.2. The van der Waals surface area contributed by atoms with E-state index in [0.29, 0.717) is 17.0 Å². The number of benzene rings is 1. The SMILES string of the molecule is FC(F)(F)c1ccc2c(c1)nc(N1CCNCC1)c1nncn12. The van der Waals surface area contributed by atoms with Gasteiger partial charge in [0.15, 0.2) is 5.82 Å². The second-order valence-corrected chi connectivity index (χ2v) is 5.40. The number of alkyl halides is 3. The summed E-state index contributed by atoms with van der Waals surface area (Å²) < 4.78 is 40.5. The van der Waals surface area contributed by atoms with Crippen LogP contribution >= 0.6 is 0 Å². The predicted molar refractivity (Wildman–Crippen MR) is 78.4 cm³/mol. The van der Waals surface area contributed by atoms with Crippen LogP contribution in [0.4, 0.5) is 19.0 Å². The van der Waals surface area contributed by atoms with Crippen molar-refractivity contribution in [2.75, 3.05) is 31.1 Å². The van der Waals surface area contributed by atoms with Crippen molar-refractivity contribution < 1.29 is 13.2 Å².